The molecule has 2 nitrogen and oxygen atoms in total. The second-order valence-corrected chi connectivity index (χ2v) is 5.67. The van der Waals surface area contributed by atoms with Gasteiger partial charge in [-0.25, -0.2) is 0 Å². The van der Waals surface area contributed by atoms with E-state index in [4.69, 9.17) is 4.74 Å². The Morgan fingerprint density at radius 2 is 1.73 bits per heavy atom. The fourth-order valence-corrected chi connectivity index (χ4v) is 3.41. The van der Waals surface area contributed by atoms with Gasteiger partial charge in [-0.05, 0) is 43.4 Å². The first-order valence-corrected chi connectivity index (χ1v) is 6.43. The summed E-state index contributed by atoms with van der Waals surface area (Å²) in [4.78, 5) is 0. The average molecular weight is 212 g/mol. The molecule has 15 heavy (non-hydrogen) atoms. The minimum Gasteiger partial charge on any atom is -0.389 e. The maximum Gasteiger partial charge on any atom is 0.0705 e. The van der Waals surface area contributed by atoms with Gasteiger partial charge in [0.05, 0.1) is 5.60 Å². The maximum absolute atomic E-state index is 10.9. The van der Waals surface area contributed by atoms with E-state index in [0.29, 0.717) is 17.8 Å². The van der Waals surface area contributed by atoms with Crippen molar-refractivity contribution in [2.24, 2.45) is 17.8 Å². The molecule has 0 aromatic carbocycles. The average Bonchev–Trinajstić information content (AvgIpc) is 2.25. The summed E-state index contributed by atoms with van der Waals surface area (Å²) in [6.45, 7) is 6.18. The van der Waals surface area contributed by atoms with Crippen molar-refractivity contribution in [3.05, 3.63) is 0 Å². The van der Waals surface area contributed by atoms with Crippen LogP contribution in [0.4, 0.5) is 0 Å². The lowest BCUT2D eigenvalue weighted by Gasteiger charge is -2.47. The fourth-order valence-electron chi connectivity index (χ4n) is 3.41. The van der Waals surface area contributed by atoms with E-state index >= 15 is 0 Å². The van der Waals surface area contributed by atoms with Crippen molar-refractivity contribution in [1.82, 2.24) is 0 Å². The van der Waals surface area contributed by atoms with Crippen LogP contribution in [0.5, 0.6) is 0 Å². The van der Waals surface area contributed by atoms with Gasteiger partial charge in [-0.15, -0.1) is 0 Å². The summed E-state index contributed by atoms with van der Waals surface area (Å²) in [6.07, 6.45) is 5.57. The number of ether oxygens (including phenoxy) is 1. The fraction of sp³-hybridized carbons (Fsp3) is 1.00. The van der Waals surface area contributed by atoms with Crippen LogP contribution in [0.15, 0.2) is 0 Å². The second kappa shape index (κ2) is 4.42. The summed E-state index contributed by atoms with van der Waals surface area (Å²) in [5, 5.41) is 10.9. The van der Waals surface area contributed by atoms with Crippen LogP contribution in [0.1, 0.15) is 46.0 Å². The van der Waals surface area contributed by atoms with Crippen LogP contribution in [0, 0.1) is 17.8 Å². The lowest BCUT2D eigenvalue weighted by Crippen LogP contribution is -2.49. The van der Waals surface area contributed by atoms with Crippen molar-refractivity contribution in [2.75, 3.05) is 13.2 Å². The molecule has 0 aromatic heterocycles. The van der Waals surface area contributed by atoms with Crippen molar-refractivity contribution in [3.63, 3.8) is 0 Å². The Kier molecular flexibility index (Phi) is 3.36. The molecule has 0 bridgehead atoms. The van der Waals surface area contributed by atoms with Crippen molar-refractivity contribution in [1.29, 1.82) is 0 Å². The van der Waals surface area contributed by atoms with Gasteiger partial charge in [0.2, 0.25) is 0 Å². The highest BCUT2D eigenvalue weighted by molar-refractivity contribution is 4.95. The molecule has 3 atom stereocenters. The van der Waals surface area contributed by atoms with Gasteiger partial charge in [0.1, 0.15) is 0 Å². The van der Waals surface area contributed by atoms with Gasteiger partial charge in [0.25, 0.3) is 0 Å². The van der Waals surface area contributed by atoms with Gasteiger partial charge in [-0.3, -0.25) is 0 Å². The Labute approximate surface area is 93.0 Å². The van der Waals surface area contributed by atoms with Crippen LogP contribution in [-0.4, -0.2) is 23.9 Å². The smallest absolute Gasteiger partial charge is 0.0705 e. The standard InChI is InChI=1S/C13H24O2/c1-10-3-4-11(2)13(14,9-10)12-5-7-15-8-6-12/h10-12,14H,3-9H2,1-2H3. The normalized spacial score (nSPS) is 44.2. The Bertz CT molecular complexity index is 211. The molecular weight excluding hydrogens is 188 g/mol. The van der Waals surface area contributed by atoms with Crippen LogP contribution in [0.2, 0.25) is 0 Å². The molecule has 3 unspecified atom stereocenters. The van der Waals surface area contributed by atoms with Crippen molar-refractivity contribution in [3.8, 4) is 0 Å². The highest BCUT2D eigenvalue weighted by Crippen LogP contribution is 2.44. The number of hydrogen-bond acceptors (Lipinski definition) is 2. The Balaban J connectivity index is 2.07. The van der Waals surface area contributed by atoms with Gasteiger partial charge < -0.3 is 9.84 Å². The molecule has 1 aliphatic heterocycles. The lowest BCUT2D eigenvalue weighted by molar-refractivity contribution is -0.127. The zero-order valence-corrected chi connectivity index (χ0v) is 10.0. The third-order valence-corrected chi connectivity index (χ3v) is 4.55. The molecule has 1 saturated carbocycles. The SMILES string of the molecule is CC1CCC(C)C(O)(C2CCOCC2)C1. The van der Waals surface area contributed by atoms with E-state index in [2.05, 4.69) is 13.8 Å². The minimum absolute atomic E-state index is 0.401. The summed E-state index contributed by atoms with van der Waals surface area (Å²) < 4.78 is 5.39. The molecule has 1 N–H and O–H groups in total. The van der Waals surface area contributed by atoms with E-state index in [1.165, 1.54) is 12.8 Å². The summed E-state index contributed by atoms with van der Waals surface area (Å²) >= 11 is 0. The van der Waals surface area contributed by atoms with E-state index < -0.39 is 5.60 Å². The Morgan fingerprint density at radius 3 is 2.40 bits per heavy atom. The predicted octanol–water partition coefficient (Wildman–Crippen LogP) is 2.60. The van der Waals surface area contributed by atoms with Gasteiger partial charge in [0.15, 0.2) is 0 Å². The summed E-state index contributed by atoms with van der Waals surface area (Å²) in [7, 11) is 0. The number of hydrogen-bond donors (Lipinski definition) is 1. The van der Waals surface area contributed by atoms with Gasteiger partial charge in [-0.1, -0.05) is 20.3 Å². The van der Waals surface area contributed by atoms with Crippen LogP contribution in [0.3, 0.4) is 0 Å². The van der Waals surface area contributed by atoms with Crippen molar-refractivity contribution >= 4 is 0 Å². The van der Waals surface area contributed by atoms with Crippen LogP contribution >= 0.6 is 0 Å². The molecule has 2 rings (SSSR count). The molecule has 88 valence electrons. The highest BCUT2D eigenvalue weighted by atomic mass is 16.5. The molecule has 2 heteroatoms. The molecule has 1 saturated heterocycles. The van der Waals surface area contributed by atoms with E-state index in [-0.39, 0.29) is 0 Å². The summed E-state index contributed by atoms with van der Waals surface area (Å²) in [5.41, 5.74) is -0.401. The quantitative estimate of drug-likeness (QED) is 0.724. The first-order valence-electron chi connectivity index (χ1n) is 6.43. The predicted molar refractivity (Wildman–Crippen MR) is 60.7 cm³/mol. The second-order valence-electron chi connectivity index (χ2n) is 5.67. The monoisotopic (exact) mass is 212 g/mol. The minimum atomic E-state index is -0.401. The van der Waals surface area contributed by atoms with E-state index in [0.717, 1.165) is 32.5 Å². The van der Waals surface area contributed by atoms with E-state index in [1.807, 2.05) is 0 Å². The molecule has 1 aliphatic carbocycles. The first-order chi connectivity index (χ1) is 7.13. The van der Waals surface area contributed by atoms with Gasteiger partial charge >= 0.3 is 0 Å². The molecule has 0 spiro atoms. The molecular formula is C13H24O2. The number of aliphatic hydroxyl groups is 1. The zero-order chi connectivity index (χ0) is 10.9. The Hall–Kier alpha value is -0.0800. The third-order valence-electron chi connectivity index (χ3n) is 4.55. The molecule has 0 aromatic rings. The molecule has 0 amide bonds. The van der Waals surface area contributed by atoms with Gasteiger partial charge in [-0.2, -0.15) is 0 Å². The molecule has 2 aliphatic rings. The lowest BCUT2D eigenvalue weighted by atomic mass is 9.64. The van der Waals surface area contributed by atoms with Crippen LogP contribution in [-0.2, 0) is 4.74 Å². The highest BCUT2D eigenvalue weighted by Gasteiger charge is 2.45. The first kappa shape index (κ1) is 11.4. The topological polar surface area (TPSA) is 29.5 Å². The summed E-state index contributed by atoms with van der Waals surface area (Å²) in [5.74, 6) is 1.63. The van der Waals surface area contributed by atoms with E-state index in [9.17, 15) is 5.11 Å². The van der Waals surface area contributed by atoms with Crippen molar-refractivity contribution in [2.45, 2.75) is 51.6 Å². The molecule has 2 fully saturated rings. The third kappa shape index (κ3) is 2.21. The van der Waals surface area contributed by atoms with Crippen LogP contribution < -0.4 is 0 Å². The van der Waals surface area contributed by atoms with Crippen LogP contribution in [0.25, 0.3) is 0 Å². The van der Waals surface area contributed by atoms with Crippen molar-refractivity contribution < 1.29 is 9.84 Å². The zero-order valence-electron chi connectivity index (χ0n) is 10.0. The maximum atomic E-state index is 10.9. The molecule has 1 heterocycles. The number of rotatable bonds is 1. The Morgan fingerprint density at radius 1 is 1.07 bits per heavy atom. The summed E-state index contributed by atoms with van der Waals surface area (Å²) in [6, 6.07) is 0. The molecule has 0 radical (unpaired) electrons. The van der Waals surface area contributed by atoms with Gasteiger partial charge in [0, 0.05) is 13.2 Å². The largest absolute Gasteiger partial charge is 0.389 e. The van der Waals surface area contributed by atoms with E-state index in [1.54, 1.807) is 0 Å².